The van der Waals surface area contributed by atoms with Crippen molar-refractivity contribution in [2.75, 3.05) is 21.9 Å². The lowest BCUT2D eigenvalue weighted by Crippen LogP contribution is -2.15. The van der Waals surface area contributed by atoms with E-state index in [1.807, 2.05) is 60.5 Å². The molecule has 2 aromatic carbocycles. The zero-order valence-corrected chi connectivity index (χ0v) is 15.3. The van der Waals surface area contributed by atoms with Crippen molar-refractivity contribution < 1.29 is 4.79 Å². The van der Waals surface area contributed by atoms with E-state index in [1.54, 1.807) is 12.4 Å². The Bertz CT molecular complexity index is 903. The minimum absolute atomic E-state index is 0.0942. The number of nitrogens with one attached hydrogen (secondary N) is 1. The van der Waals surface area contributed by atoms with Gasteiger partial charge in [-0.3, -0.25) is 9.78 Å². The fraction of sp³-hybridized carbons (Fsp3) is 0.238. The van der Waals surface area contributed by atoms with E-state index in [2.05, 4.69) is 14.6 Å². The van der Waals surface area contributed by atoms with Crippen molar-refractivity contribution in [1.29, 1.82) is 0 Å². The van der Waals surface area contributed by atoms with Gasteiger partial charge >= 0.3 is 0 Å². The van der Waals surface area contributed by atoms with E-state index in [0.29, 0.717) is 5.56 Å². The Kier molecular flexibility index (Phi) is 5.07. The van der Waals surface area contributed by atoms with E-state index in [1.165, 1.54) is 30.7 Å². The second-order valence-electron chi connectivity index (χ2n) is 6.43. The lowest BCUT2D eigenvalue weighted by atomic mass is 10.1. The molecule has 132 valence electrons. The predicted molar refractivity (Wildman–Crippen MR) is 110 cm³/mol. The monoisotopic (exact) mass is 363 g/mol. The Morgan fingerprint density at radius 1 is 1.00 bits per heavy atom. The van der Waals surface area contributed by atoms with E-state index in [-0.39, 0.29) is 5.91 Å². The normalized spacial score (nSPS) is 14.8. The predicted octanol–water partition coefficient (Wildman–Crippen LogP) is 5.13. The molecule has 0 radical (unpaired) electrons. The summed E-state index contributed by atoms with van der Waals surface area (Å²) in [5.74, 6) is 1.07. The number of aromatic nitrogens is 1. The Balaban J connectivity index is 1.47. The van der Waals surface area contributed by atoms with Crippen LogP contribution in [0.25, 0.3) is 10.8 Å². The van der Waals surface area contributed by atoms with Crippen molar-refractivity contribution in [3.8, 4) is 0 Å². The molecule has 0 saturated carbocycles. The number of benzene rings is 2. The molecule has 0 unspecified atom stereocenters. The number of carbonyl (C=O) groups is 1. The molecule has 0 spiro atoms. The number of pyridine rings is 1. The summed E-state index contributed by atoms with van der Waals surface area (Å²) in [5.41, 5.74) is 2.62. The lowest BCUT2D eigenvalue weighted by molar-refractivity contribution is 0.102. The van der Waals surface area contributed by atoms with Crippen molar-refractivity contribution in [1.82, 2.24) is 4.98 Å². The third kappa shape index (κ3) is 3.83. The molecule has 2 heterocycles. The second kappa shape index (κ2) is 7.79. The van der Waals surface area contributed by atoms with Crippen molar-refractivity contribution in [2.45, 2.75) is 19.3 Å². The number of hydrogen-bond acceptors (Lipinski definition) is 4. The van der Waals surface area contributed by atoms with Gasteiger partial charge in [0.05, 0.1) is 0 Å². The van der Waals surface area contributed by atoms with Crippen LogP contribution in [0.3, 0.4) is 0 Å². The Morgan fingerprint density at radius 3 is 2.77 bits per heavy atom. The zero-order valence-electron chi connectivity index (χ0n) is 14.5. The number of hydrogen-bond donors (Lipinski definition) is 1. The molecule has 1 aliphatic rings. The molecule has 4 nitrogen and oxygen atoms in total. The summed E-state index contributed by atoms with van der Waals surface area (Å²) in [7, 11) is 0. The maximum atomic E-state index is 12.5. The van der Waals surface area contributed by atoms with E-state index < -0.39 is 0 Å². The van der Waals surface area contributed by atoms with Crippen LogP contribution in [0.4, 0.5) is 11.4 Å². The van der Waals surface area contributed by atoms with Crippen LogP contribution in [-0.2, 0) is 0 Å². The van der Waals surface area contributed by atoms with Crippen LogP contribution in [0.1, 0.15) is 29.6 Å². The number of carbonyl (C=O) groups excluding carboxylic acids is 1. The first-order chi connectivity index (χ1) is 12.8. The Morgan fingerprint density at radius 2 is 1.88 bits per heavy atom. The molecule has 0 aliphatic carbocycles. The highest BCUT2D eigenvalue weighted by Gasteiger charge is 2.12. The molecule has 4 rings (SSSR count). The van der Waals surface area contributed by atoms with Gasteiger partial charge in [-0.1, -0.05) is 12.5 Å². The average molecular weight is 363 g/mol. The molecule has 1 amide bonds. The SMILES string of the molecule is O=C(Nc1ccc2ccncc2c1)c1ccc(N2CCCCCS2)cc1. The first-order valence-corrected chi connectivity index (χ1v) is 9.89. The van der Waals surface area contributed by atoms with Crippen LogP contribution in [0.5, 0.6) is 0 Å². The maximum Gasteiger partial charge on any atom is 0.255 e. The molecule has 3 aromatic rings. The van der Waals surface area contributed by atoms with Crippen molar-refractivity contribution in [2.24, 2.45) is 0 Å². The molecule has 1 saturated heterocycles. The molecule has 26 heavy (non-hydrogen) atoms. The molecule has 0 atom stereocenters. The van der Waals surface area contributed by atoms with E-state index >= 15 is 0 Å². The maximum absolute atomic E-state index is 12.5. The molecule has 0 bridgehead atoms. The topological polar surface area (TPSA) is 45.2 Å². The minimum atomic E-state index is -0.0942. The number of anilines is 2. The summed E-state index contributed by atoms with van der Waals surface area (Å²) < 4.78 is 2.34. The summed E-state index contributed by atoms with van der Waals surface area (Å²) in [5, 5.41) is 5.10. The van der Waals surface area contributed by atoms with Crippen LogP contribution in [0, 0.1) is 0 Å². The highest BCUT2D eigenvalue weighted by Crippen LogP contribution is 2.27. The lowest BCUT2D eigenvalue weighted by Gasteiger charge is -2.21. The van der Waals surface area contributed by atoms with Crippen LogP contribution < -0.4 is 9.62 Å². The van der Waals surface area contributed by atoms with E-state index in [4.69, 9.17) is 0 Å². The smallest absolute Gasteiger partial charge is 0.255 e. The Labute approximate surface area is 157 Å². The number of fused-ring (bicyclic) bond motifs is 1. The van der Waals surface area contributed by atoms with Gasteiger partial charge in [-0.15, -0.1) is 0 Å². The summed E-state index contributed by atoms with van der Waals surface area (Å²) in [6, 6.07) is 15.7. The highest BCUT2D eigenvalue weighted by atomic mass is 32.2. The molecule has 1 fully saturated rings. The average Bonchev–Trinajstić information content (AvgIpc) is 2.97. The molecule has 1 aromatic heterocycles. The summed E-state index contributed by atoms with van der Waals surface area (Å²) in [4.78, 5) is 16.7. The van der Waals surface area contributed by atoms with Crippen molar-refractivity contribution in [3.63, 3.8) is 0 Å². The third-order valence-electron chi connectivity index (χ3n) is 4.57. The van der Waals surface area contributed by atoms with Gasteiger partial charge in [-0.2, -0.15) is 0 Å². The minimum Gasteiger partial charge on any atom is -0.322 e. The van der Waals surface area contributed by atoms with Gasteiger partial charge in [-0.25, -0.2) is 0 Å². The van der Waals surface area contributed by atoms with Crippen LogP contribution in [0.15, 0.2) is 60.9 Å². The zero-order chi connectivity index (χ0) is 17.8. The fourth-order valence-corrected chi connectivity index (χ4v) is 4.20. The number of amides is 1. The van der Waals surface area contributed by atoms with Gasteiger partial charge in [0.15, 0.2) is 0 Å². The van der Waals surface area contributed by atoms with Crippen molar-refractivity contribution >= 4 is 40.0 Å². The van der Waals surface area contributed by atoms with Gasteiger partial charge in [0.1, 0.15) is 0 Å². The number of rotatable bonds is 3. The highest BCUT2D eigenvalue weighted by molar-refractivity contribution is 8.00. The fourth-order valence-electron chi connectivity index (χ4n) is 3.12. The van der Waals surface area contributed by atoms with Crippen LogP contribution in [-0.4, -0.2) is 23.2 Å². The van der Waals surface area contributed by atoms with Gasteiger partial charge < -0.3 is 9.62 Å². The van der Waals surface area contributed by atoms with Gasteiger partial charge in [0.2, 0.25) is 0 Å². The third-order valence-corrected chi connectivity index (χ3v) is 5.74. The van der Waals surface area contributed by atoms with Crippen LogP contribution in [0.2, 0.25) is 0 Å². The standard InChI is InChI=1S/C21H21N3OS/c25-21(23-19-7-4-16-10-11-22-15-18(16)14-19)17-5-8-20(9-6-17)24-12-2-1-3-13-26-24/h4-11,14-15H,1-3,12-13H2,(H,23,25). The van der Waals surface area contributed by atoms with E-state index in [9.17, 15) is 4.79 Å². The second-order valence-corrected chi connectivity index (χ2v) is 7.54. The largest absolute Gasteiger partial charge is 0.322 e. The summed E-state index contributed by atoms with van der Waals surface area (Å²) in [6.45, 7) is 1.07. The Hall–Kier alpha value is -2.53. The van der Waals surface area contributed by atoms with Crippen LogP contribution >= 0.6 is 11.9 Å². The van der Waals surface area contributed by atoms with Crippen molar-refractivity contribution in [3.05, 3.63) is 66.5 Å². The quantitative estimate of drug-likeness (QED) is 0.656. The molecular formula is C21H21N3OS. The van der Waals surface area contributed by atoms with Gasteiger partial charge in [0, 0.05) is 47.0 Å². The number of nitrogens with zero attached hydrogens (tertiary/aromatic N) is 2. The molecule has 1 aliphatic heterocycles. The molecular weight excluding hydrogens is 342 g/mol. The first kappa shape index (κ1) is 16.9. The van der Waals surface area contributed by atoms with E-state index in [0.717, 1.165) is 23.0 Å². The van der Waals surface area contributed by atoms with Gasteiger partial charge in [-0.05, 0) is 72.6 Å². The first-order valence-electron chi connectivity index (χ1n) is 8.95. The molecule has 1 N–H and O–H groups in total. The summed E-state index contributed by atoms with van der Waals surface area (Å²) >= 11 is 1.88. The molecule has 5 heteroatoms. The summed E-state index contributed by atoms with van der Waals surface area (Å²) in [6.07, 6.45) is 7.38. The van der Waals surface area contributed by atoms with Gasteiger partial charge in [0.25, 0.3) is 5.91 Å².